The molecule has 2 rings (SSSR count). The minimum atomic E-state index is -0.825. The molecule has 6 heteroatoms. The van der Waals surface area contributed by atoms with Crippen LogP contribution in [0.4, 0.5) is 0 Å². The topological polar surface area (TPSA) is 87.7 Å². The second-order valence-electron chi connectivity index (χ2n) is 7.93. The second kappa shape index (κ2) is 12.4. The molecule has 0 bridgehead atoms. The molecule has 1 aliphatic heterocycles. The molecule has 0 spiro atoms. The Morgan fingerprint density at radius 2 is 2.07 bits per heavy atom. The molecule has 3 atom stereocenters. The van der Waals surface area contributed by atoms with Crippen molar-refractivity contribution in [3.8, 4) is 0 Å². The van der Waals surface area contributed by atoms with Gasteiger partial charge in [-0.2, -0.15) is 0 Å². The minimum Gasteiger partial charge on any atom is -0.393 e. The summed E-state index contributed by atoms with van der Waals surface area (Å²) in [6.45, 7) is 5.05. The van der Waals surface area contributed by atoms with Gasteiger partial charge in [0, 0.05) is 13.0 Å². The second-order valence-corrected chi connectivity index (χ2v) is 7.93. The Morgan fingerprint density at radius 3 is 2.79 bits per heavy atom. The number of allylic oxidation sites excluding steroid dienone is 1. The Morgan fingerprint density at radius 1 is 1.31 bits per heavy atom. The summed E-state index contributed by atoms with van der Waals surface area (Å²) in [5, 5.41) is 16.0. The van der Waals surface area contributed by atoms with Gasteiger partial charge in [0.25, 0.3) is 0 Å². The van der Waals surface area contributed by atoms with Crippen molar-refractivity contribution in [1.29, 1.82) is 0 Å². The lowest BCUT2D eigenvalue weighted by molar-refractivity contribution is -0.139. The SMILES string of the molecule is CC(C)/C=C/C[C@H](O)C[C@@H](OCc1ccccc1)C(=O)N[C@H]1CCCCNC1=O. The summed E-state index contributed by atoms with van der Waals surface area (Å²) in [4.78, 5) is 25.0. The minimum absolute atomic E-state index is 0.155. The van der Waals surface area contributed by atoms with Crippen LogP contribution in [0.5, 0.6) is 0 Å². The molecule has 0 saturated carbocycles. The zero-order valence-electron chi connectivity index (χ0n) is 17.5. The molecule has 1 aromatic carbocycles. The van der Waals surface area contributed by atoms with Crippen LogP contribution in [0, 0.1) is 5.92 Å². The van der Waals surface area contributed by atoms with Gasteiger partial charge in [-0.05, 0) is 37.2 Å². The van der Waals surface area contributed by atoms with Gasteiger partial charge in [0.05, 0.1) is 12.7 Å². The Kier molecular flexibility index (Phi) is 9.88. The summed E-state index contributed by atoms with van der Waals surface area (Å²) >= 11 is 0. The predicted octanol–water partition coefficient (Wildman–Crippen LogP) is 2.71. The molecule has 1 saturated heterocycles. The number of carbonyl (C=O) groups excluding carboxylic acids is 2. The third-order valence-electron chi connectivity index (χ3n) is 4.85. The molecule has 1 fully saturated rings. The normalized spacial score (nSPS) is 19.6. The Balaban J connectivity index is 1.99. The van der Waals surface area contributed by atoms with Gasteiger partial charge in [0.2, 0.25) is 11.8 Å². The highest BCUT2D eigenvalue weighted by Gasteiger charge is 2.28. The number of hydrogen-bond acceptors (Lipinski definition) is 4. The van der Waals surface area contributed by atoms with Crippen molar-refractivity contribution in [1.82, 2.24) is 10.6 Å². The summed E-state index contributed by atoms with van der Waals surface area (Å²) in [6.07, 6.45) is 5.47. The van der Waals surface area contributed by atoms with Gasteiger partial charge in [-0.1, -0.05) is 56.3 Å². The van der Waals surface area contributed by atoms with E-state index in [2.05, 4.69) is 24.5 Å². The molecule has 2 amide bonds. The first-order valence-electron chi connectivity index (χ1n) is 10.5. The Labute approximate surface area is 173 Å². The fraction of sp³-hybridized carbons (Fsp3) is 0.565. The van der Waals surface area contributed by atoms with Crippen LogP contribution >= 0.6 is 0 Å². The Bertz CT molecular complexity index is 660. The number of carbonyl (C=O) groups is 2. The van der Waals surface area contributed by atoms with Crippen molar-refractivity contribution >= 4 is 11.8 Å². The van der Waals surface area contributed by atoms with Crippen LogP contribution < -0.4 is 10.6 Å². The first kappa shape index (κ1) is 23.1. The van der Waals surface area contributed by atoms with Gasteiger partial charge in [-0.15, -0.1) is 0 Å². The highest BCUT2D eigenvalue weighted by Crippen LogP contribution is 2.13. The molecule has 0 unspecified atom stereocenters. The summed E-state index contributed by atoms with van der Waals surface area (Å²) < 4.78 is 5.87. The van der Waals surface area contributed by atoms with Crippen molar-refractivity contribution in [3.63, 3.8) is 0 Å². The van der Waals surface area contributed by atoms with Crippen LogP contribution in [0.1, 0.15) is 51.5 Å². The summed E-state index contributed by atoms with van der Waals surface area (Å²) in [7, 11) is 0. The van der Waals surface area contributed by atoms with Crippen LogP contribution in [-0.4, -0.2) is 41.7 Å². The lowest BCUT2D eigenvalue weighted by Gasteiger charge is -2.23. The fourth-order valence-corrected chi connectivity index (χ4v) is 3.21. The highest BCUT2D eigenvalue weighted by atomic mass is 16.5. The molecule has 0 aromatic heterocycles. The number of amides is 2. The molecular weight excluding hydrogens is 368 g/mol. The lowest BCUT2D eigenvalue weighted by Crippen LogP contribution is -2.49. The number of ether oxygens (including phenoxy) is 1. The van der Waals surface area contributed by atoms with Crippen LogP contribution in [0.15, 0.2) is 42.5 Å². The molecule has 29 heavy (non-hydrogen) atoms. The maximum atomic E-state index is 12.9. The largest absolute Gasteiger partial charge is 0.393 e. The molecule has 3 N–H and O–H groups in total. The third-order valence-corrected chi connectivity index (χ3v) is 4.85. The third kappa shape index (κ3) is 8.79. The van der Waals surface area contributed by atoms with Crippen LogP contribution in [0.3, 0.4) is 0 Å². The van der Waals surface area contributed by atoms with Gasteiger partial charge in [-0.3, -0.25) is 9.59 Å². The number of aliphatic hydroxyl groups excluding tert-OH is 1. The van der Waals surface area contributed by atoms with Gasteiger partial charge in [0.1, 0.15) is 12.1 Å². The molecule has 160 valence electrons. The zero-order chi connectivity index (χ0) is 21.1. The van der Waals surface area contributed by atoms with Gasteiger partial charge >= 0.3 is 0 Å². The maximum Gasteiger partial charge on any atom is 0.249 e. The van der Waals surface area contributed by atoms with E-state index in [1.165, 1.54) is 0 Å². The maximum absolute atomic E-state index is 12.9. The van der Waals surface area contributed by atoms with Crippen LogP contribution in [0.2, 0.25) is 0 Å². The quantitative estimate of drug-likeness (QED) is 0.525. The van der Waals surface area contributed by atoms with Gasteiger partial charge in [0.15, 0.2) is 0 Å². The van der Waals surface area contributed by atoms with E-state index in [0.29, 0.717) is 25.3 Å². The predicted molar refractivity (Wildman–Crippen MR) is 113 cm³/mol. The van der Waals surface area contributed by atoms with Crippen molar-refractivity contribution in [2.45, 2.75) is 70.8 Å². The highest BCUT2D eigenvalue weighted by molar-refractivity contribution is 5.89. The summed E-state index contributed by atoms with van der Waals surface area (Å²) in [5.41, 5.74) is 0.951. The number of aliphatic hydroxyl groups is 1. The van der Waals surface area contributed by atoms with Gasteiger partial charge < -0.3 is 20.5 Å². The summed E-state index contributed by atoms with van der Waals surface area (Å²) in [6, 6.07) is 9.05. The van der Waals surface area contributed by atoms with Crippen molar-refractivity contribution in [3.05, 3.63) is 48.0 Å². The van der Waals surface area contributed by atoms with Crippen LogP contribution in [-0.2, 0) is 20.9 Å². The van der Waals surface area contributed by atoms with E-state index in [1.807, 2.05) is 42.5 Å². The standard InChI is InChI=1S/C23H34N2O4/c1-17(2)9-8-12-19(26)15-21(29-16-18-10-4-3-5-11-18)23(28)25-20-13-6-7-14-24-22(20)27/h3-5,8-11,17,19-21,26H,6-7,12-16H2,1-2H3,(H,24,27)(H,25,28)/b9-8+/t19-,20-,21+/m0/s1. The smallest absolute Gasteiger partial charge is 0.249 e. The number of hydrogen-bond donors (Lipinski definition) is 3. The molecule has 0 radical (unpaired) electrons. The molecule has 1 heterocycles. The van der Waals surface area contributed by atoms with Crippen molar-refractivity contribution in [2.75, 3.05) is 6.54 Å². The average molecular weight is 403 g/mol. The van der Waals surface area contributed by atoms with E-state index in [9.17, 15) is 14.7 Å². The van der Waals surface area contributed by atoms with E-state index >= 15 is 0 Å². The molecule has 6 nitrogen and oxygen atoms in total. The van der Waals surface area contributed by atoms with E-state index < -0.39 is 18.2 Å². The van der Waals surface area contributed by atoms with E-state index in [-0.39, 0.29) is 24.8 Å². The lowest BCUT2D eigenvalue weighted by atomic mass is 10.1. The molecule has 1 aliphatic rings. The zero-order valence-corrected chi connectivity index (χ0v) is 17.5. The molecule has 1 aromatic rings. The van der Waals surface area contributed by atoms with Gasteiger partial charge in [-0.25, -0.2) is 0 Å². The monoisotopic (exact) mass is 402 g/mol. The van der Waals surface area contributed by atoms with E-state index in [1.54, 1.807) is 0 Å². The average Bonchev–Trinajstić information content (AvgIpc) is 2.90. The molecule has 0 aliphatic carbocycles. The van der Waals surface area contributed by atoms with E-state index in [0.717, 1.165) is 18.4 Å². The number of rotatable bonds is 10. The van der Waals surface area contributed by atoms with Crippen molar-refractivity contribution < 1.29 is 19.4 Å². The number of benzene rings is 1. The van der Waals surface area contributed by atoms with Crippen LogP contribution in [0.25, 0.3) is 0 Å². The number of nitrogens with one attached hydrogen (secondary N) is 2. The van der Waals surface area contributed by atoms with E-state index in [4.69, 9.17) is 4.74 Å². The summed E-state index contributed by atoms with van der Waals surface area (Å²) in [5.74, 6) is -0.0997. The first-order chi connectivity index (χ1) is 14.0. The van der Waals surface area contributed by atoms with Crippen molar-refractivity contribution in [2.24, 2.45) is 5.92 Å². The first-order valence-corrected chi connectivity index (χ1v) is 10.5. The fourth-order valence-electron chi connectivity index (χ4n) is 3.21. The molecular formula is C23H34N2O4. The Hall–Kier alpha value is -2.18.